The monoisotopic (exact) mass is 310 g/mol. The van der Waals surface area contributed by atoms with Gasteiger partial charge in [-0.05, 0) is 12.8 Å². The normalized spacial score (nSPS) is 28.4. The van der Waals surface area contributed by atoms with Crippen LogP contribution >= 0.6 is 11.3 Å². The van der Waals surface area contributed by atoms with Crippen molar-refractivity contribution in [2.75, 3.05) is 26.3 Å². The second kappa shape index (κ2) is 5.73. The first-order valence-electron chi connectivity index (χ1n) is 7.08. The number of ether oxygens (including phenoxy) is 1. The van der Waals surface area contributed by atoms with Crippen molar-refractivity contribution in [1.82, 2.24) is 9.88 Å². The average molecular weight is 310 g/mol. The molecule has 2 aliphatic rings. The van der Waals surface area contributed by atoms with Crippen molar-refractivity contribution in [1.29, 1.82) is 0 Å². The maximum Gasteiger partial charge on any atom is 0.311 e. The van der Waals surface area contributed by atoms with Crippen molar-refractivity contribution in [3.8, 4) is 0 Å². The number of aryl methyl sites for hydroxylation is 1. The fraction of sp³-hybridized carbons (Fsp3) is 0.643. The molecule has 0 bridgehead atoms. The highest BCUT2D eigenvalue weighted by Crippen LogP contribution is 2.42. The molecule has 2 atom stereocenters. The third kappa shape index (κ3) is 2.67. The number of amides is 1. The molecule has 1 amide bonds. The maximum absolute atomic E-state index is 12.3. The number of fused-ring (bicyclic) bond motifs is 1. The van der Waals surface area contributed by atoms with Crippen LogP contribution in [0.1, 0.15) is 18.5 Å². The van der Waals surface area contributed by atoms with Gasteiger partial charge >= 0.3 is 5.97 Å². The molecule has 0 aliphatic carbocycles. The second-order valence-electron chi connectivity index (χ2n) is 5.74. The number of thiazole rings is 1. The number of carboxylic acid groups (broad SMARTS) is 1. The van der Waals surface area contributed by atoms with E-state index in [9.17, 15) is 14.7 Å². The largest absolute Gasteiger partial charge is 0.481 e. The summed E-state index contributed by atoms with van der Waals surface area (Å²) in [5.74, 6) is -0.879. The minimum absolute atomic E-state index is 0.0121. The Hall–Kier alpha value is -1.47. The van der Waals surface area contributed by atoms with Gasteiger partial charge in [0.2, 0.25) is 5.91 Å². The average Bonchev–Trinajstić information content (AvgIpc) is 3.12. The summed E-state index contributed by atoms with van der Waals surface area (Å²) in [4.78, 5) is 29.8. The summed E-state index contributed by atoms with van der Waals surface area (Å²) >= 11 is 1.51. The first-order valence-corrected chi connectivity index (χ1v) is 8.02. The number of aromatic nitrogens is 1. The van der Waals surface area contributed by atoms with Crippen molar-refractivity contribution >= 4 is 23.2 Å². The Labute approximate surface area is 126 Å². The first-order chi connectivity index (χ1) is 10.1. The van der Waals surface area contributed by atoms with Crippen LogP contribution in [-0.2, 0) is 20.7 Å². The Morgan fingerprint density at radius 2 is 2.43 bits per heavy atom. The van der Waals surface area contributed by atoms with Crippen LogP contribution in [0, 0.1) is 11.3 Å². The van der Waals surface area contributed by atoms with Gasteiger partial charge in [0.25, 0.3) is 0 Å². The van der Waals surface area contributed by atoms with Crippen LogP contribution in [0.4, 0.5) is 0 Å². The van der Waals surface area contributed by atoms with E-state index in [0.29, 0.717) is 45.6 Å². The van der Waals surface area contributed by atoms with Gasteiger partial charge in [0, 0.05) is 37.4 Å². The number of rotatable bonds is 4. The van der Waals surface area contributed by atoms with Gasteiger partial charge in [-0.2, -0.15) is 0 Å². The lowest BCUT2D eigenvalue weighted by Gasteiger charge is -2.33. The number of hydrogen-bond acceptors (Lipinski definition) is 5. The molecule has 2 fully saturated rings. The Bertz CT molecular complexity index is 533. The van der Waals surface area contributed by atoms with E-state index in [0.717, 1.165) is 5.69 Å². The van der Waals surface area contributed by atoms with E-state index in [1.165, 1.54) is 11.3 Å². The molecule has 1 N–H and O–H groups in total. The SMILES string of the molecule is O=C(CCc1cscn1)N1C[C@H]2COCC[C@@]2(C(=O)O)C1. The molecular formula is C14H18N2O4S. The van der Waals surface area contributed by atoms with E-state index in [1.54, 1.807) is 10.4 Å². The van der Waals surface area contributed by atoms with Gasteiger partial charge in [0.1, 0.15) is 0 Å². The number of nitrogens with zero attached hydrogens (tertiary/aromatic N) is 2. The van der Waals surface area contributed by atoms with Gasteiger partial charge in [-0.25, -0.2) is 4.98 Å². The Morgan fingerprint density at radius 3 is 3.10 bits per heavy atom. The summed E-state index contributed by atoms with van der Waals surface area (Å²) in [6.45, 7) is 1.69. The summed E-state index contributed by atoms with van der Waals surface area (Å²) in [6, 6.07) is 0. The minimum Gasteiger partial charge on any atom is -0.481 e. The molecule has 3 rings (SSSR count). The molecule has 0 radical (unpaired) electrons. The zero-order chi connectivity index (χ0) is 14.9. The summed E-state index contributed by atoms with van der Waals surface area (Å²) in [5.41, 5.74) is 1.86. The molecule has 0 saturated carbocycles. The summed E-state index contributed by atoms with van der Waals surface area (Å²) in [6.07, 6.45) is 1.48. The van der Waals surface area contributed by atoms with Crippen molar-refractivity contribution in [2.24, 2.45) is 11.3 Å². The van der Waals surface area contributed by atoms with Crippen LogP contribution in [0.5, 0.6) is 0 Å². The van der Waals surface area contributed by atoms with Crippen LogP contribution < -0.4 is 0 Å². The van der Waals surface area contributed by atoms with Crippen LogP contribution in [0.15, 0.2) is 10.9 Å². The molecular weight excluding hydrogens is 292 g/mol. The lowest BCUT2D eigenvalue weighted by atomic mass is 9.74. The quantitative estimate of drug-likeness (QED) is 0.898. The molecule has 21 heavy (non-hydrogen) atoms. The maximum atomic E-state index is 12.3. The zero-order valence-corrected chi connectivity index (χ0v) is 12.5. The number of carboxylic acids is 1. The Kier molecular flexibility index (Phi) is 3.95. The van der Waals surface area contributed by atoms with Crippen molar-refractivity contribution < 1.29 is 19.4 Å². The fourth-order valence-corrected chi connectivity index (χ4v) is 3.84. The number of aliphatic carboxylic acids is 1. The molecule has 1 aromatic heterocycles. The number of carbonyl (C=O) groups is 2. The Morgan fingerprint density at radius 1 is 1.57 bits per heavy atom. The molecule has 3 heterocycles. The highest BCUT2D eigenvalue weighted by Gasteiger charge is 2.54. The van der Waals surface area contributed by atoms with Gasteiger partial charge in [-0.15, -0.1) is 11.3 Å². The molecule has 2 saturated heterocycles. The van der Waals surface area contributed by atoms with E-state index < -0.39 is 11.4 Å². The van der Waals surface area contributed by atoms with Gasteiger partial charge < -0.3 is 14.7 Å². The molecule has 1 aromatic rings. The molecule has 114 valence electrons. The van der Waals surface area contributed by atoms with E-state index in [-0.39, 0.29) is 11.8 Å². The van der Waals surface area contributed by atoms with Crippen molar-refractivity contribution in [2.45, 2.75) is 19.3 Å². The molecule has 0 spiro atoms. The third-order valence-corrected chi connectivity index (χ3v) is 5.20. The van der Waals surface area contributed by atoms with Crippen LogP contribution in [0.25, 0.3) is 0 Å². The Balaban J connectivity index is 1.64. The standard InChI is InChI=1S/C14H18N2O4S/c17-12(2-1-11-7-21-9-15-11)16-5-10-6-20-4-3-14(10,8-16)13(18)19/h7,9-10H,1-6,8H2,(H,18,19)/t10-,14+/m0/s1. The van der Waals surface area contributed by atoms with Gasteiger partial charge in [-0.1, -0.05) is 0 Å². The minimum atomic E-state index is -0.811. The van der Waals surface area contributed by atoms with Gasteiger partial charge in [0.15, 0.2) is 0 Å². The fourth-order valence-electron chi connectivity index (χ4n) is 3.24. The lowest BCUT2D eigenvalue weighted by molar-refractivity contribution is -0.157. The smallest absolute Gasteiger partial charge is 0.311 e. The second-order valence-corrected chi connectivity index (χ2v) is 6.46. The van der Waals surface area contributed by atoms with Crippen LogP contribution in [0.2, 0.25) is 0 Å². The zero-order valence-electron chi connectivity index (χ0n) is 11.7. The topological polar surface area (TPSA) is 79.7 Å². The molecule has 0 aromatic carbocycles. The summed E-state index contributed by atoms with van der Waals surface area (Å²) in [5, 5.41) is 11.5. The predicted octanol–water partition coefficient (Wildman–Crippen LogP) is 1.03. The summed E-state index contributed by atoms with van der Waals surface area (Å²) in [7, 11) is 0. The first kappa shape index (κ1) is 14.5. The molecule has 7 heteroatoms. The number of likely N-dealkylation sites (tertiary alicyclic amines) is 1. The third-order valence-electron chi connectivity index (χ3n) is 4.56. The van der Waals surface area contributed by atoms with E-state index in [1.807, 2.05) is 5.38 Å². The van der Waals surface area contributed by atoms with E-state index in [2.05, 4.69) is 4.98 Å². The van der Waals surface area contributed by atoms with Crippen LogP contribution in [-0.4, -0.2) is 53.2 Å². The van der Waals surface area contributed by atoms with Gasteiger partial charge in [-0.3, -0.25) is 9.59 Å². The van der Waals surface area contributed by atoms with Crippen molar-refractivity contribution in [3.63, 3.8) is 0 Å². The molecule has 0 unspecified atom stereocenters. The lowest BCUT2D eigenvalue weighted by Crippen LogP contribution is -2.45. The van der Waals surface area contributed by atoms with Crippen LogP contribution in [0.3, 0.4) is 0 Å². The molecule has 2 aliphatic heterocycles. The number of carbonyl (C=O) groups excluding carboxylic acids is 1. The van der Waals surface area contributed by atoms with Gasteiger partial charge in [0.05, 0.1) is 23.2 Å². The number of hydrogen-bond donors (Lipinski definition) is 1. The highest BCUT2D eigenvalue weighted by atomic mass is 32.1. The predicted molar refractivity (Wildman–Crippen MR) is 76.0 cm³/mol. The summed E-state index contributed by atoms with van der Waals surface area (Å²) < 4.78 is 5.40. The van der Waals surface area contributed by atoms with E-state index in [4.69, 9.17) is 4.74 Å². The highest BCUT2D eigenvalue weighted by molar-refractivity contribution is 7.07. The molecule has 6 nitrogen and oxygen atoms in total. The van der Waals surface area contributed by atoms with E-state index >= 15 is 0 Å². The van der Waals surface area contributed by atoms with Crippen molar-refractivity contribution in [3.05, 3.63) is 16.6 Å².